The van der Waals surface area contributed by atoms with Crippen LogP contribution in [0.15, 0.2) is 35.1 Å². The van der Waals surface area contributed by atoms with E-state index < -0.39 is 10.8 Å². The Bertz CT molecular complexity index is 862. The van der Waals surface area contributed by atoms with Crippen molar-refractivity contribution in [3.63, 3.8) is 0 Å². The second kappa shape index (κ2) is 8.80. The van der Waals surface area contributed by atoms with E-state index in [1.807, 2.05) is 0 Å². The van der Waals surface area contributed by atoms with E-state index in [1.165, 1.54) is 19.2 Å². The Balaban J connectivity index is 2.23. The number of carbonyl (C=O) groups is 1. The van der Waals surface area contributed by atoms with Gasteiger partial charge in [-0.15, -0.1) is 0 Å². The summed E-state index contributed by atoms with van der Waals surface area (Å²) >= 11 is 0. The zero-order valence-corrected chi connectivity index (χ0v) is 16.2. The van der Waals surface area contributed by atoms with Crippen molar-refractivity contribution >= 4 is 16.6 Å². The molecular weight excluding hydrogens is 354 g/mol. The van der Waals surface area contributed by atoms with Gasteiger partial charge in [-0.1, -0.05) is 0 Å². The number of benzene rings is 1. The van der Waals surface area contributed by atoms with Gasteiger partial charge < -0.3 is 14.0 Å². The Hall–Kier alpha value is -2.41. The van der Waals surface area contributed by atoms with E-state index in [4.69, 9.17) is 9.47 Å². The van der Waals surface area contributed by atoms with Crippen LogP contribution in [0.5, 0.6) is 11.5 Å². The SMILES string of the molecule is COc1ccc(C(=O)Cn2c(C)cc(=O)cc2C)cc1OCCS(C)=O. The first-order chi connectivity index (χ1) is 12.3. The highest BCUT2D eigenvalue weighted by Crippen LogP contribution is 2.28. The maximum absolute atomic E-state index is 12.7. The highest BCUT2D eigenvalue weighted by molar-refractivity contribution is 7.84. The molecule has 140 valence electrons. The van der Waals surface area contributed by atoms with Gasteiger partial charge in [-0.05, 0) is 32.0 Å². The molecule has 0 aliphatic carbocycles. The zero-order valence-electron chi connectivity index (χ0n) is 15.4. The molecule has 0 amide bonds. The smallest absolute Gasteiger partial charge is 0.182 e. The molecule has 1 unspecified atom stereocenters. The Labute approximate surface area is 155 Å². The lowest BCUT2D eigenvalue weighted by Crippen LogP contribution is -2.18. The van der Waals surface area contributed by atoms with Crippen molar-refractivity contribution in [2.75, 3.05) is 25.7 Å². The van der Waals surface area contributed by atoms with Gasteiger partial charge in [0.1, 0.15) is 0 Å². The average Bonchev–Trinajstić information content (AvgIpc) is 2.57. The van der Waals surface area contributed by atoms with Crippen LogP contribution in [0.1, 0.15) is 21.7 Å². The lowest BCUT2D eigenvalue weighted by molar-refractivity contribution is 0.0969. The summed E-state index contributed by atoms with van der Waals surface area (Å²) in [5.41, 5.74) is 1.88. The fraction of sp³-hybridized carbons (Fsp3) is 0.368. The first-order valence-electron chi connectivity index (χ1n) is 8.14. The molecule has 1 atom stereocenters. The molecule has 0 aliphatic rings. The minimum atomic E-state index is -0.957. The van der Waals surface area contributed by atoms with Crippen LogP contribution in [0.2, 0.25) is 0 Å². The van der Waals surface area contributed by atoms with Gasteiger partial charge in [0.05, 0.1) is 26.0 Å². The third-order valence-electron chi connectivity index (χ3n) is 3.97. The lowest BCUT2D eigenvalue weighted by Gasteiger charge is -2.15. The topological polar surface area (TPSA) is 74.6 Å². The molecule has 2 rings (SSSR count). The fourth-order valence-electron chi connectivity index (χ4n) is 2.60. The number of rotatable bonds is 8. The second-order valence-electron chi connectivity index (χ2n) is 5.97. The molecule has 0 fully saturated rings. The number of methoxy groups -OCH3 is 1. The predicted molar refractivity (Wildman–Crippen MR) is 102 cm³/mol. The molecule has 26 heavy (non-hydrogen) atoms. The highest BCUT2D eigenvalue weighted by atomic mass is 32.2. The van der Waals surface area contributed by atoms with E-state index in [0.717, 1.165) is 11.4 Å². The third-order valence-corrected chi connectivity index (χ3v) is 4.71. The lowest BCUT2D eigenvalue weighted by atomic mass is 10.1. The molecule has 0 spiro atoms. The molecule has 0 radical (unpaired) electrons. The molecule has 0 N–H and O–H groups in total. The monoisotopic (exact) mass is 377 g/mol. The number of ether oxygens (including phenoxy) is 2. The van der Waals surface area contributed by atoms with Gasteiger partial charge in [0.2, 0.25) is 0 Å². The van der Waals surface area contributed by atoms with E-state index in [0.29, 0.717) is 22.8 Å². The molecule has 2 aromatic rings. The largest absolute Gasteiger partial charge is 0.493 e. The number of pyridine rings is 1. The van der Waals surface area contributed by atoms with Crippen molar-refractivity contribution in [2.45, 2.75) is 20.4 Å². The Morgan fingerprint density at radius 3 is 2.35 bits per heavy atom. The van der Waals surface area contributed by atoms with Gasteiger partial charge >= 0.3 is 0 Å². The molecule has 0 saturated heterocycles. The molecular formula is C19H23NO5S. The summed E-state index contributed by atoms with van der Waals surface area (Å²) in [7, 11) is 0.565. The minimum absolute atomic E-state index is 0.0721. The van der Waals surface area contributed by atoms with Crippen LogP contribution in [0.25, 0.3) is 0 Å². The van der Waals surface area contributed by atoms with Gasteiger partial charge in [-0.2, -0.15) is 0 Å². The fourth-order valence-corrected chi connectivity index (χ4v) is 2.92. The van der Waals surface area contributed by atoms with Crippen LogP contribution < -0.4 is 14.9 Å². The van der Waals surface area contributed by atoms with Crippen LogP contribution in [0.3, 0.4) is 0 Å². The molecule has 7 heteroatoms. The summed E-state index contributed by atoms with van der Waals surface area (Å²) in [5.74, 6) is 1.25. The van der Waals surface area contributed by atoms with Crippen molar-refractivity contribution in [3.8, 4) is 11.5 Å². The maximum atomic E-state index is 12.7. The van der Waals surface area contributed by atoms with Gasteiger partial charge in [-0.25, -0.2) is 0 Å². The van der Waals surface area contributed by atoms with E-state index in [9.17, 15) is 13.8 Å². The summed E-state index contributed by atoms with van der Waals surface area (Å²) in [6.45, 7) is 4.00. The number of hydrogen-bond acceptors (Lipinski definition) is 5. The molecule has 1 heterocycles. The molecule has 6 nitrogen and oxygen atoms in total. The van der Waals surface area contributed by atoms with Crippen LogP contribution in [-0.2, 0) is 17.3 Å². The molecule has 1 aromatic carbocycles. The number of nitrogens with zero attached hydrogens (tertiary/aromatic N) is 1. The molecule has 0 saturated carbocycles. The zero-order chi connectivity index (χ0) is 19.3. The van der Waals surface area contributed by atoms with Crippen LogP contribution >= 0.6 is 0 Å². The van der Waals surface area contributed by atoms with Crippen LogP contribution in [-0.4, -0.2) is 40.3 Å². The van der Waals surface area contributed by atoms with E-state index in [-0.39, 0.29) is 24.4 Å². The van der Waals surface area contributed by atoms with Gasteiger partial charge in [0.25, 0.3) is 0 Å². The van der Waals surface area contributed by atoms with E-state index in [2.05, 4.69) is 0 Å². The first-order valence-corrected chi connectivity index (χ1v) is 9.86. The Morgan fingerprint density at radius 2 is 1.77 bits per heavy atom. The van der Waals surface area contributed by atoms with Crippen molar-refractivity contribution in [1.29, 1.82) is 0 Å². The van der Waals surface area contributed by atoms with Crippen LogP contribution in [0, 0.1) is 13.8 Å². The second-order valence-corrected chi connectivity index (χ2v) is 7.53. The quantitative estimate of drug-likeness (QED) is 0.659. The van der Waals surface area contributed by atoms with Gasteiger partial charge in [0.15, 0.2) is 22.7 Å². The first kappa shape index (κ1) is 19.9. The number of aryl methyl sites for hydroxylation is 2. The van der Waals surface area contributed by atoms with Gasteiger partial charge in [-0.3, -0.25) is 13.8 Å². The standard InChI is InChI=1S/C19H23NO5S/c1-13-9-16(21)10-14(2)20(13)12-17(22)15-5-6-18(24-3)19(11-15)25-7-8-26(4)23/h5-6,9-11H,7-8,12H2,1-4H3. The summed E-state index contributed by atoms with van der Waals surface area (Å²) < 4.78 is 23.9. The summed E-state index contributed by atoms with van der Waals surface area (Å²) in [5, 5.41) is 0. The van der Waals surface area contributed by atoms with Crippen molar-refractivity contribution < 1.29 is 18.5 Å². The number of hydrogen-bond donors (Lipinski definition) is 0. The third kappa shape index (κ3) is 5.05. The minimum Gasteiger partial charge on any atom is -0.493 e. The molecule has 1 aromatic heterocycles. The highest BCUT2D eigenvalue weighted by Gasteiger charge is 2.14. The number of aromatic nitrogens is 1. The van der Waals surface area contributed by atoms with Crippen LogP contribution in [0.4, 0.5) is 0 Å². The van der Waals surface area contributed by atoms with Crippen molar-refractivity contribution in [1.82, 2.24) is 4.57 Å². The maximum Gasteiger partial charge on any atom is 0.182 e. The Morgan fingerprint density at radius 1 is 1.12 bits per heavy atom. The molecule has 0 bridgehead atoms. The number of ketones is 1. The van der Waals surface area contributed by atoms with Crippen molar-refractivity contribution in [3.05, 3.63) is 57.5 Å². The average molecular weight is 377 g/mol. The van der Waals surface area contributed by atoms with E-state index >= 15 is 0 Å². The van der Waals surface area contributed by atoms with Crippen molar-refractivity contribution in [2.24, 2.45) is 0 Å². The number of carbonyl (C=O) groups excluding carboxylic acids is 1. The normalized spacial score (nSPS) is 11.8. The summed E-state index contributed by atoms with van der Waals surface area (Å²) in [6.07, 6.45) is 1.61. The van der Waals surface area contributed by atoms with Gasteiger partial charge in [0, 0.05) is 46.1 Å². The summed E-state index contributed by atoms with van der Waals surface area (Å²) in [4.78, 5) is 24.2. The van der Waals surface area contributed by atoms with E-state index in [1.54, 1.807) is 42.9 Å². The Kier molecular flexibility index (Phi) is 6.74. The number of Topliss-reactive ketones (excluding diaryl/α,β-unsaturated/α-hetero) is 1. The summed E-state index contributed by atoms with van der Waals surface area (Å²) in [6, 6.07) is 8.00. The predicted octanol–water partition coefficient (Wildman–Crippen LogP) is 2.11. The molecule has 0 aliphatic heterocycles.